The van der Waals surface area contributed by atoms with E-state index in [9.17, 15) is 0 Å². The molecule has 4 aromatic heterocycles. The van der Waals surface area contributed by atoms with E-state index < -0.39 is 22.7 Å². The van der Waals surface area contributed by atoms with Gasteiger partial charge >= 0.3 is 0 Å². The Morgan fingerprint density at radius 3 is 0.789 bits per heavy atom. The van der Waals surface area contributed by atoms with Crippen LogP contribution < -0.4 is 42.9 Å². The molecule has 0 bridgehead atoms. The lowest BCUT2D eigenvalue weighted by atomic mass is 9.92. The molecule has 4 aliphatic rings. The summed E-state index contributed by atoms with van der Waals surface area (Å²) in [6.45, 7) is 4.39. The van der Waals surface area contributed by atoms with Crippen molar-refractivity contribution in [2.24, 2.45) is 39.9 Å². The largest absolute Gasteiger partial charge is 0.338 e. The number of benzene rings is 10. The minimum Gasteiger partial charge on any atom is -0.338 e. The van der Waals surface area contributed by atoms with E-state index in [1.54, 1.807) is 0 Å². The SMILES string of the molecule is CCCc1ccc2c(c1)=NC(c1cccc(C3(c4nc5ccccc5[nH]4)N=c4ccc(CCC)cc4=N3)c1)(c1nc3ccccc3[nH]1)N=2.c1cc(C2(c3nc4ccccc4[nH]3)N=c3ccccc3=N2)cc(C2(c3nc4ccccc4[nH]3)N=c3ccccc3=N2)c1. The molecule has 4 N–H and O–H groups in total. The Labute approximate surface area is 513 Å². The summed E-state index contributed by atoms with van der Waals surface area (Å²) in [6.07, 6.45) is 4.09. The molecule has 0 amide bonds. The highest BCUT2D eigenvalue weighted by Crippen LogP contribution is 2.43. The van der Waals surface area contributed by atoms with Crippen LogP contribution in [0.3, 0.4) is 0 Å². The third-order valence-corrected chi connectivity index (χ3v) is 17.4. The lowest BCUT2D eigenvalue weighted by molar-refractivity contribution is 0.519. The minimum absolute atomic E-state index is 0.651. The van der Waals surface area contributed by atoms with Crippen molar-refractivity contribution < 1.29 is 0 Å². The zero-order valence-corrected chi connectivity index (χ0v) is 49.1. The number of hydrogen-bond acceptors (Lipinski definition) is 12. The normalized spacial score (nSPS) is 17.7. The predicted molar refractivity (Wildman–Crippen MR) is 343 cm³/mol. The second-order valence-electron chi connectivity index (χ2n) is 23.3. The molecule has 0 aliphatic carbocycles. The van der Waals surface area contributed by atoms with Crippen LogP contribution in [0.25, 0.3) is 44.1 Å². The highest BCUT2D eigenvalue weighted by atomic mass is 15.2. The number of aryl methyl sites for hydroxylation is 2. The summed E-state index contributed by atoms with van der Waals surface area (Å²) in [5, 5.41) is 6.69. The molecule has 90 heavy (non-hydrogen) atoms. The molecule has 4 aliphatic heterocycles. The van der Waals surface area contributed by atoms with Crippen LogP contribution in [0, 0.1) is 0 Å². The average molecular weight is 1170 g/mol. The summed E-state index contributed by atoms with van der Waals surface area (Å²) >= 11 is 0. The molecule has 432 valence electrons. The van der Waals surface area contributed by atoms with Gasteiger partial charge in [-0.2, -0.15) is 0 Å². The van der Waals surface area contributed by atoms with Gasteiger partial charge in [-0.1, -0.05) is 148 Å². The number of rotatable bonds is 12. The molecular formula is C74H56N16. The van der Waals surface area contributed by atoms with E-state index in [2.05, 4.69) is 94.4 Å². The number of hydrogen-bond donors (Lipinski definition) is 4. The quantitative estimate of drug-likeness (QED) is 0.0941. The van der Waals surface area contributed by atoms with Crippen molar-refractivity contribution in [2.75, 3.05) is 0 Å². The second kappa shape index (κ2) is 20.6. The molecule has 0 fully saturated rings. The number of aromatic amines is 4. The molecule has 2 atom stereocenters. The van der Waals surface area contributed by atoms with Crippen molar-refractivity contribution in [2.45, 2.75) is 62.2 Å². The lowest BCUT2D eigenvalue weighted by Gasteiger charge is -2.26. The van der Waals surface area contributed by atoms with Gasteiger partial charge in [-0.3, -0.25) is 0 Å². The summed E-state index contributed by atoms with van der Waals surface area (Å²) in [7, 11) is 0. The van der Waals surface area contributed by atoms with Crippen LogP contribution in [0.1, 0.15) is 83.4 Å². The van der Waals surface area contributed by atoms with E-state index in [-0.39, 0.29) is 0 Å². The fourth-order valence-corrected chi connectivity index (χ4v) is 13.1. The highest BCUT2D eigenvalue weighted by Gasteiger charge is 2.46. The Morgan fingerprint density at radius 2 is 0.511 bits per heavy atom. The molecule has 18 rings (SSSR count). The lowest BCUT2D eigenvalue weighted by Crippen LogP contribution is -2.27. The smallest absolute Gasteiger partial charge is 0.234 e. The van der Waals surface area contributed by atoms with E-state index in [1.807, 2.05) is 170 Å². The molecule has 0 saturated heterocycles. The van der Waals surface area contributed by atoms with E-state index in [4.69, 9.17) is 59.9 Å². The average Bonchev–Trinajstić information content (AvgIpc) is 1.63. The van der Waals surface area contributed by atoms with Crippen LogP contribution in [-0.4, -0.2) is 39.9 Å². The maximum Gasteiger partial charge on any atom is 0.234 e. The maximum absolute atomic E-state index is 5.39. The Balaban J connectivity index is 0.000000140. The zero-order chi connectivity index (χ0) is 60.0. The fourth-order valence-electron chi connectivity index (χ4n) is 13.1. The summed E-state index contributed by atoms with van der Waals surface area (Å²) in [4.78, 5) is 76.6. The molecule has 2 unspecified atom stereocenters. The number of para-hydroxylation sites is 12. The number of aromatic nitrogens is 8. The molecule has 10 aromatic carbocycles. The number of nitrogens with one attached hydrogen (secondary N) is 4. The van der Waals surface area contributed by atoms with Gasteiger partial charge in [0, 0.05) is 22.3 Å². The van der Waals surface area contributed by atoms with Crippen LogP contribution >= 0.6 is 0 Å². The number of fused-ring (bicyclic) bond motifs is 8. The topological polar surface area (TPSA) is 214 Å². The van der Waals surface area contributed by atoms with Crippen LogP contribution in [0.4, 0.5) is 0 Å². The van der Waals surface area contributed by atoms with E-state index in [1.165, 1.54) is 11.1 Å². The maximum atomic E-state index is 5.39. The van der Waals surface area contributed by atoms with Gasteiger partial charge in [-0.05, 0) is 133 Å². The Kier molecular flexibility index (Phi) is 12.1. The van der Waals surface area contributed by atoms with Gasteiger partial charge in [-0.25, -0.2) is 59.9 Å². The third-order valence-electron chi connectivity index (χ3n) is 17.4. The highest BCUT2D eigenvalue weighted by molar-refractivity contribution is 5.78. The summed E-state index contributed by atoms with van der Waals surface area (Å²) < 4.78 is 0. The van der Waals surface area contributed by atoms with E-state index in [0.717, 1.165) is 135 Å². The number of imidazole rings is 4. The van der Waals surface area contributed by atoms with Crippen LogP contribution in [-0.2, 0) is 35.5 Å². The zero-order valence-electron chi connectivity index (χ0n) is 49.1. The first-order chi connectivity index (χ1) is 44.3. The van der Waals surface area contributed by atoms with Crippen LogP contribution in [0.5, 0.6) is 0 Å². The standard InChI is InChI=1S/C40H34N8.C34H22N8/c1-3-10-25-18-20-33-35(22-25)47-39(45-33,37-41-29-14-5-6-15-30(29)42-37)27-12-9-13-28(24-27)40(38-43-31-16-7-8-17-32(31)44-38)46-34-21-19-26(11-4-2)23-36(34)48-40;1-2-13-24-23(12-1)35-31(36-24)33(39-27-16-5-6-17-28(27)40-33)21-10-9-11-22(20-21)34(41-29-18-7-8-19-30(29)42-34)32-37-25-14-3-4-15-26(25)38-32/h5-9,12-24H,3-4,10-11H2,1-2H3,(H,41,42)(H,43,44);1-20H,(H,35,36)(H,37,38). The molecule has 8 heterocycles. The molecule has 14 aromatic rings. The summed E-state index contributed by atoms with van der Waals surface area (Å²) in [6, 6.07) is 77.3. The van der Waals surface area contributed by atoms with Crippen molar-refractivity contribution >= 4 is 44.1 Å². The first-order valence-electron chi connectivity index (χ1n) is 30.6. The molecule has 16 heteroatoms. The predicted octanol–water partition coefficient (Wildman–Crippen LogP) is 9.40. The van der Waals surface area contributed by atoms with Gasteiger partial charge < -0.3 is 19.9 Å². The number of nitrogens with zero attached hydrogens (tertiary/aromatic N) is 12. The minimum atomic E-state index is -1.13. The van der Waals surface area contributed by atoms with Gasteiger partial charge in [0.15, 0.2) is 23.3 Å². The molecular weight excluding hydrogens is 1110 g/mol. The Hall–Kier alpha value is -11.5. The Morgan fingerprint density at radius 1 is 0.256 bits per heavy atom. The molecule has 16 nitrogen and oxygen atoms in total. The molecule has 0 radical (unpaired) electrons. The Bertz CT molecular complexity index is 5250. The van der Waals surface area contributed by atoms with Gasteiger partial charge in [-0.15, -0.1) is 0 Å². The van der Waals surface area contributed by atoms with Crippen molar-refractivity contribution in [1.82, 2.24) is 39.9 Å². The monoisotopic (exact) mass is 1170 g/mol. The van der Waals surface area contributed by atoms with Crippen LogP contribution in [0.15, 0.2) is 270 Å². The van der Waals surface area contributed by atoms with Gasteiger partial charge in [0.2, 0.25) is 22.7 Å². The van der Waals surface area contributed by atoms with Crippen molar-refractivity contribution in [3.8, 4) is 0 Å². The van der Waals surface area contributed by atoms with Gasteiger partial charge in [0.1, 0.15) is 0 Å². The molecule has 0 saturated carbocycles. The van der Waals surface area contributed by atoms with Gasteiger partial charge in [0.25, 0.3) is 0 Å². The van der Waals surface area contributed by atoms with E-state index >= 15 is 0 Å². The van der Waals surface area contributed by atoms with E-state index in [0.29, 0.717) is 23.3 Å². The molecule has 0 spiro atoms. The van der Waals surface area contributed by atoms with Crippen molar-refractivity contribution in [3.63, 3.8) is 0 Å². The van der Waals surface area contributed by atoms with Crippen molar-refractivity contribution in [1.29, 1.82) is 0 Å². The van der Waals surface area contributed by atoms with Crippen molar-refractivity contribution in [3.05, 3.63) is 330 Å². The van der Waals surface area contributed by atoms with Gasteiger partial charge in [0.05, 0.1) is 87.0 Å². The fraction of sp³-hybridized carbons (Fsp3) is 0.135. The summed E-state index contributed by atoms with van der Waals surface area (Å²) in [5.41, 5.74) is 8.66. The third kappa shape index (κ3) is 8.49. The first kappa shape index (κ1) is 52.8. The number of H-pyrrole nitrogens is 4. The van der Waals surface area contributed by atoms with Crippen LogP contribution in [0.2, 0.25) is 0 Å². The first-order valence-corrected chi connectivity index (χ1v) is 30.6. The second-order valence-corrected chi connectivity index (χ2v) is 23.3. The summed E-state index contributed by atoms with van der Waals surface area (Å²) in [5.74, 6) is 2.64.